The first-order chi connectivity index (χ1) is 7.00. The van der Waals surface area contributed by atoms with Gasteiger partial charge in [-0.2, -0.15) is 0 Å². The van der Waals surface area contributed by atoms with Crippen molar-refractivity contribution in [3.8, 4) is 0 Å². The Morgan fingerprint density at radius 1 is 1.40 bits per heavy atom. The number of carboxylic acid groups (broad SMARTS) is 1. The number of alkyl halides is 2. The van der Waals surface area contributed by atoms with Crippen LogP contribution in [0.3, 0.4) is 0 Å². The second-order valence-electron chi connectivity index (χ2n) is 3.18. The van der Waals surface area contributed by atoms with Crippen molar-refractivity contribution in [1.82, 2.24) is 0 Å². The number of nitrogens with two attached hydrogens (primary N) is 1. The van der Waals surface area contributed by atoms with E-state index in [0.717, 1.165) is 0 Å². The molecule has 0 amide bonds. The molecule has 0 saturated heterocycles. The number of aliphatic carboxylic acids is 1. The molecule has 0 radical (unpaired) electrons. The van der Waals surface area contributed by atoms with Crippen LogP contribution in [0.15, 0.2) is 24.3 Å². The van der Waals surface area contributed by atoms with E-state index in [2.05, 4.69) is 0 Å². The summed E-state index contributed by atoms with van der Waals surface area (Å²) in [5.74, 6) is -1.05. The minimum absolute atomic E-state index is 0.145. The zero-order valence-corrected chi connectivity index (χ0v) is 7.86. The molecule has 0 saturated carbocycles. The molecule has 0 aliphatic rings. The van der Waals surface area contributed by atoms with Gasteiger partial charge in [0.05, 0.1) is 6.42 Å². The molecule has 0 aliphatic heterocycles. The van der Waals surface area contributed by atoms with Gasteiger partial charge in [0.25, 0.3) is 6.43 Å². The van der Waals surface area contributed by atoms with E-state index in [9.17, 15) is 13.6 Å². The Labute approximate surface area is 85.5 Å². The van der Waals surface area contributed by atoms with Crippen LogP contribution in [0.25, 0.3) is 0 Å². The van der Waals surface area contributed by atoms with Crippen molar-refractivity contribution >= 4 is 5.97 Å². The first-order valence-electron chi connectivity index (χ1n) is 4.36. The normalized spacial score (nSPS) is 12.8. The first-order valence-corrected chi connectivity index (χ1v) is 4.36. The van der Waals surface area contributed by atoms with Gasteiger partial charge in [0, 0.05) is 11.6 Å². The molecule has 5 heteroatoms. The van der Waals surface area contributed by atoms with E-state index in [-0.39, 0.29) is 12.0 Å². The van der Waals surface area contributed by atoms with Crippen molar-refractivity contribution in [2.24, 2.45) is 5.73 Å². The van der Waals surface area contributed by atoms with Gasteiger partial charge in [0.1, 0.15) is 0 Å². The lowest BCUT2D eigenvalue weighted by Crippen LogP contribution is -2.15. The van der Waals surface area contributed by atoms with Crippen LogP contribution in [0.2, 0.25) is 0 Å². The molecular weight excluding hydrogens is 204 g/mol. The molecule has 3 N–H and O–H groups in total. The summed E-state index contributed by atoms with van der Waals surface area (Å²) in [7, 11) is 0. The maximum Gasteiger partial charge on any atom is 0.305 e. The summed E-state index contributed by atoms with van der Waals surface area (Å²) in [4.78, 5) is 10.4. The monoisotopic (exact) mass is 215 g/mol. The molecule has 1 aromatic rings. The van der Waals surface area contributed by atoms with Gasteiger partial charge in [-0.3, -0.25) is 4.79 Å². The van der Waals surface area contributed by atoms with Gasteiger partial charge in [-0.1, -0.05) is 18.2 Å². The number of hydrogen-bond donors (Lipinski definition) is 2. The van der Waals surface area contributed by atoms with Crippen molar-refractivity contribution in [3.05, 3.63) is 35.4 Å². The highest BCUT2D eigenvalue weighted by Gasteiger charge is 2.13. The standard InChI is InChI=1S/C10H11F2NO2/c11-10(12)7-3-1-2-6(4-7)8(13)5-9(14)15/h1-4,8,10H,5,13H2,(H,14,15). The number of hydrogen-bond acceptors (Lipinski definition) is 2. The number of rotatable bonds is 4. The summed E-state index contributed by atoms with van der Waals surface area (Å²) in [6, 6.07) is 4.75. The van der Waals surface area contributed by atoms with E-state index in [0.29, 0.717) is 5.56 Å². The lowest BCUT2D eigenvalue weighted by atomic mass is 10.0. The van der Waals surface area contributed by atoms with Crippen LogP contribution in [0.4, 0.5) is 8.78 Å². The van der Waals surface area contributed by atoms with Crippen molar-refractivity contribution in [2.75, 3.05) is 0 Å². The third kappa shape index (κ3) is 3.28. The summed E-state index contributed by atoms with van der Waals surface area (Å²) >= 11 is 0. The highest BCUT2D eigenvalue weighted by Crippen LogP contribution is 2.22. The van der Waals surface area contributed by atoms with Crippen molar-refractivity contribution in [1.29, 1.82) is 0 Å². The topological polar surface area (TPSA) is 63.3 Å². The molecule has 1 unspecified atom stereocenters. The van der Waals surface area contributed by atoms with E-state index in [1.807, 2.05) is 0 Å². The van der Waals surface area contributed by atoms with Gasteiger partial charge < -0.3 is 10.8 Å². The Hall–Kier alpha value is -1.49. The van der Waals surface area contributed by atoms with Crippen LogP contribution in [0.1, 0.15) is 30.0 Å². The van der Waals surface area contributed by atoms with Crippen LogP contribution in [-0.2, 0) is 4.79 Å². The summed E-state index contributed by atoms with van der Waals surface area (Å²) in [6.45, 7) is 0. The Morgan fingerprint density at radius 2 is 2.00 bits per heavy atom. The van der Waals surface area contributed by atoms with Crippen molar-refractivity contribution in [2.45, 2.75) is 18.9 Å². The molecule has 0 fully saturated rings. The largest absolute Gasteiger partial charge is 0.481 e. The van der Waals surface area contributed by atoms with Crippen LogP contribution in [-0.4, -0.2) is 11.1 Å². The van der Waals surface area contributed by atoms with E-state index < -0.39 is 18.4 Å². The van der Waals surface area contributed by atoms with E-state index >= 15 is 0 Å². The summed E-state index contributed by atoms with van der Waals surface area (Å²) < 4.78 is 24.6. The number of carboxylic acids is 1. The zero-order valence-electron chi connectivity index (χ0n) is 7.86. The second-order valence-corrected chi connectivity index (χ2v) is 3.18. The quantitative estimate of drug-likeness (QED) is 0.808. The van der Waals surface area contributed by atoms with Gasteiger partial charge in [-0.15, -0.1) is 0 Å². The fourth-order valence-corrected chi connectivity index (χ4v) is 1.23. The summed E-state index contributed by atoms with van der Waals surface area (Å²) in [5, 5.41) is 8.50. The SMILES string of the molecule is NC(CC(=O)O)c1cccc(C(F)F)c1. The van der Waals surface area contributed by atoms with Crippen LogP contribution < -0.4 is 5.73 Å². The number of benzene rings is 1. The molecule has 1 rings (SSSR count). The van der Waals surface area contributed by atoms with Crippen molar-refractivity contribution < 1.29 is 18.7 Å². The molecule has 0 bridgehead atoms. The summed E-state index contributed by atoms with van der Waals surface area (Å²) in [6.07, 6.45) is -2.84. The molecule has 0 spiro atoms. The van der Waals surface area contributed by atoms with E-state index in [1.54, 1.807) is 6.07 Å². The lowest BCUT2D eigenvalue weighted by Gasteiger charge is -2.10. The highest BCUT2D eigenvalue weighted by atomic mass is 19.3. The Kier molecular flexibility index (Phi) is 3.74. The minimum Gasteiger partial charge on any atom is -0.481 e. The highest BCUT2D eigenvalue weighted by molar-refractivity contribution is 5.67. The smallest absolute Gasteiger partial charge is 0.305 e. The van der Waals surface area contributed by atoms with E-state index in [4.69, 9.17) is 10.8 Å². The third-order valence-electron chi connectivity index (χ3n) is 1.99. The van der Waals surface area contributed by atoms with E-state index in [1.165, 1.54) is 18.2 Å². The number of carbonyl (C=O) groups is 1. The van der Waals surface area contributed by atoms with Crippen molar-refractivity contribution in [3.63, 3.8) is 0 Å². The average Bonchev–Trinajstić information content (AvgIpc) is 2.17. The minimum atomic E-state index is -2.57. The van der Waals surface area contributed by atoms with Gasteiger partial charge in [-0.05, 0) is 11.6 Å². The first kappa shape index (κ1) is 11.6. The van der Waals surface area contributed by atoms with Crippen LogP contribution >= 0.6 is 0 Å². The average molecular weight is 215 g/mol. The second kappa shape index (κ2) is 4.84. The maximum absolute atomic E-state index is 12.3. The maximum atomic E-state index is 12.3. The van der Waals surface area contributed by atoms with Gasteiger partial charge in [-0.25, -0.2) is 8.78 Å². The number of halogens is 2. The third-order valence-corrected chi connectivity index (χ3v) is 1.99. The Morgan fingerprint density at radius 3 is 2.53 bits per heavy atom. The Bertz CT molecular complexity index is 355. The molecule has 0 heterocycles. The Balaban J connectivity index is 2.85. The molecule has 0 aliphatic carbocycles. The fraction of sp³-hybridized carbons (Fsp3) is 0.300. The van der Waals surface area contributed by atoms with Gasteiger partial charge in [0.2, 0.25) is 0 Å². The molecule has 1 aromatic carbocycles. The zero-order chi connectivity index (χ0) is 11.4. The molecule has 15 heavy (non-hydrogen) atoms. The molecular formula is C10H11F2NO2. The molecule has 82 valence electrons. The van der Waals surface area contributed by atoms with Gasteiger partial charge >= 0.3 is 5.97 Å². The summed E-state index contributed by atoms with van der Waals surface area (Å²) in [5.41, 5.74) is 5.81. The van der Waals surface area contributed by atoms with Gasteiger partial charge in [0.15, 0.2) is 0 Å². The predicted molar refractivity (Wildman–Crippen MR) is 50.6 cm³/mol. The van der Waals surface area contributed by atoms with Crippen LogP contribution in [0, 0.1) is 0 Å². The fourth-order valence-electron chi connectivity index (χ4n) is 1.23. The molecule has 0 aromatic heterocycles. The lowest BCUT2D eigenvalue weighted by molar-refractivity contribution is -0.137. The molecule has 1 atom stereocenters. The van der Waals surface area contributed by atoms with Crippen LogP contribution in [0.5, 0.6) is 0 Å². The predicted octanol–water partition coefficient (Wildman–Crippen LogP) is 2.10. The molecule has 3 nitrogen and oxygen atoms in total.